The first-order chi connectivity index (χ1) is 13.0. The number of nitrogens with zero attached hydrogens (tertiary/aromatic N) is 6. The molecular formula is C17H24N6O3S. The van der Waals surface area contributed by atoms with Crippen molar-refractivity contribution in [2.45, 2.75) is 31.6 Å². The summed E-state index contributed by atoms with van der Waals surface area (Å²) in [5.41, 5.74) is 0.401. The van der Waals surface area contributed by atoms with Crippen molar-refractivity contribution in [1.29, 1.82) is 0 Å². The summed E-state index contributed by atoms with van der Waals surface area (Å²) in [5.74, 6) is 2.03. The van der Waals surface area contributed by atoms with E-state index >= 15 is 0 Å². The number of hydrogen-bond donors (Lipinski definition) is 0. The van der Waals surface area contributed by atoms with Crippen molar-refractivity contribution in [1.82, 2.24) is 19.7 Å². The lowest BCUT2D eigenvalue weighted by molar-refractivity contribution is 0.377. The molecule has 2 aliphatic heterocycles. The molecule has 0 bridgehead atoms. The third-order valence-corrected chi connectivity index (χ3v) is 7.34. The SMILES string of the molecule is Cc1noc(C)c1S(=O)(=O)N1CCN(c2ccc(N3CCCC3)nn2)CC1. The zero-order valence-corrected chi connectivity index (χ0v) is 16.4. The standard InChI is InChI=1S/C17H24N6O3S/c1-13-17(14(2)26-20-13)27(24,25)23-11-9-22(10-12-23)16-6-5-15(18-19-16)21-7-3-4-8-21/h5-6H,3-4,7-12H2,1-2H3. The smallest absolute Gasteiger partial charge is 0.248 e. The number of aryl methyl sites for hydroxylation is 2. The Morgan fingerprint density at radius 2 is 1.44 bits per heavy atom. The van der Waals surface area contributed by atoms with E-state index in [9.17, 15) is 8.42 Å². The normalized spacial score (nSPS) is 19.0. The van der Waals surface area contributed by atoms with E-state index in [2.05, 4.69) is 25.2 Å². The van der Waals surface area contributed by atoms with Crippen LogP contribution in [0.2, 0.25) is 0 Å². The van der Waals surface area contributed by atoms with Crippen LogP contribution in [0.25, 0.3) is 0 Å². The minimum Gasteiger partial charge on any atom is -0.360 e. The third kappa shape index (κ3) is 3.39. The molecule has 0 N–H and O–H groups in total. The highest BCUT2D eigenvalue weighted by atomic mass is 32.2. The second-order valence-corrected chi connectivity index (χ2v) is 8.86. The lowest BCUT2D eigenvalue weighted by Crippen LogP contribution is -2.49. The predicted octanol–water partition coefficient (Wildman–Crippen LogP) is 1.19. The molecule has 0 aliphatic carbocycles. The summed E-state index contributed by atoms with van der Waals surface area (Å²) < 4.78 is 32.3. The molecule has 0 radical (unpaired) electrons. The van der Waals surface area contributed by atoms with Crippen molar-refractivity contribution >= 4 is 21.7 Å². The summed E-state index contributed by atoms with van der Waals surface area (Å²) in [4.78, 5) is 4.50. The first-order valence-corrected chi connectivity index (χ1v) is 10.7. The maximum Gasteiger partial charge on any atom is 0.248 e. The highest BCUT2D eigenvalue weighted by Crippen LogP contribution is 2.25. The average molecular weight is 392 g/mol. The molecule has 0 spiro atoms. The summed E-state index contributed by atoms with van der Waals surface area (Å²) in [6.45, 7) is 7.26. The second-order valence-electron chi connectivity index (χ2n) is 6.99. The van der Waals surface area contributed by atoms with Crippen molar-refractivity contribution in [2.24, 2.45) is 0 Å². The van der Waals surface area contributed by atoms with Crippen molar-refractivity contribution < 1.29 is 12.9 Å². The van der Waals surface area contributed by atoms with Crippen molar-refractivity contribution in [2.75, 3.05) is 49.1 Å². The van der Waals surface area contributed by atoms with Crippen LogP contribution in [0, 0.1) is 13.8 Å². The van der Waals surface area contributed by atoms with Gasteiger partial charge in [-0.15, -0.1) is 10.2 Å². The van der Waals surface area contributed by atoms with Gasteiger partial charge in [0.05, 0.1) is 0 Å². The van der Waals surface area contributed by atoms with Gasteiger partial charge < -0.3 is 14.3 Å². The highest BCUT2D eigenvalue weighted by Gasteiger charge is 2.33. The maximum absolute atomic E-state index is 12.9. The van der Waals surface area contributed by atoms with Gasteiger partial charge in [0.25, 0.3) is 0 Å². The van der Waals surface area contributed by atoms with E-state index in [1.165, 1.54) is 17.1 Å². The molecule has 2 saturated heterocycles. The Balaban J connectivity index is 1.43. The molecular weight excluding hydrogens is 368 g/mol. The summed E-state index contributed by atoms with van der Waals surface area (Å²) in [7, 11) is -3.60. The van der Waals surface area contributed by atoms with E-state index in [-0.39, 0.29) is 4.90 Å². The number of rotatable bonds is 4. The first kappa shape index (κ1) is 18.2. The van der Waals surface area contributed by atoms with Gasteiger partial charge in [-0.25, -0.2) is 8.42 Å². The molecule has 0 unspecified atom stereocenters. The largest absolute Gasteiger partial charge is 0.360 e. The molecule has 2 aromatic rings. The average Bonchev–Trinajstić information content (AvgIpc) is 3.32. The quantitative estimate of drug-likeness (QED) is 0.766. The monoisotopic (exact) mass is 392 g/mol. The Morgan fingerprint density at radius 3 is 1.93 bits per heavy atom. The summed E-state index contributed by atoms with van der Waals surface area (Å²) in [6, 6.07) is 3.97. The first-order valence-electron chi connectivity index (χ1n) is 9.23. The molecule has 2 fully saturated rings. The molecule has 146 valence electrons. The topological polar surface area (TPSA) is 95.7 Å². The Bertz CT molecular complexity index is 878. The molecule has 4 heterocycles. The van der Waals surface area contributed by atoms with Crippen LogP contribution in [0.1, 0.15) is 24.3 Å². The second kappa shape index (κ2) is 7.08. The van der Waals surface area contributed by atoms with Gasteiger partial charge in [0.2, 0.25) is 10.0 Å². The Labute approximate surface area is 159 Å². The molecule has 0 amide bonds. The summed E-state index contributed by atoms with van der Waals surface area (Å²) in [6.07, 6.45) is 2.40. The van der Waals surface area contributed by atoms with Crippen LogP contribution in [-0.2, 0) is 10.0 Å². The summed E-state index contributed by atoms with van der Waals surface area (Å²) in [5, 5.41) is 12.5. The fourth-order valence-corrected chi connectivity index (χ4v) is 5.44. The molecule has 0 saturated carbocycles. The third-order valence-electron chi connectivity index (χ3n) is 5.19. The molecule has 2 aromatic heterocycles. The number of anilines is 2. The van der Waals surface area contributed by atoms with E-state index in [1.807, 2.05) is 12.1 Å². The Morgan fingerprint density at radius 1 is 0.889 bits per heavy atom. The zero-order chi connectivity index (χ0) is 19.0. The van der Waals surface area contributed by atoms with E-state index in [4.69, 9.17) is 4.52 Å². The number of hydrogen-bond acceptors (Lipinski definition) is 8. The highest BCUT2D eigenvalue weighted by molar-refractivity contribution is 7.89. The minimum atomic E-state index is -3.60. The van der Waals surface area contributed by atoms with E-state index < -0.39 is 10.0 Å². The Hall–Kier alpha value is -2.20. The number of aromatic nitrogens is 3. The maximum atomic E-state index is 12.9. The van der Waals surface area contributed by atoms with Gasteiger partial charge in [-0.1, -0.05) is 5.16 Å². The summed E-state index contributed by atoms with van der Waals surface area (Å²) >= 11 is 0. The van der Waals surface area contributed by atoms with Crippen LogP contribution >= 0.6 is 0 Å². The van der Waals surface area contributed by atoms with E-state index in [0.29, 0.717) is 37.6 Å². The number of sulfonamides is 1. The van der Waals surface area contributed by atoms with Crippen LogP contribution in [0.15, 0.2) is 21.6 Å². The molecule has 0 atom stereocenters. The molecule has 4 rings (SSSR count). The Kier molecular flexibility index (Phi) is 4.77. The fourth-order valence-electron chi connectivity index (χ4n) is 3.73. The van der Waals surface area contributed by atoms with Crippen LogP contribution < -0.4 is 9.80 Å². The van der Waals surface area contributed by atoms with Gasteiger partial charge in [0.15, 0.2) is 17.4 Å². The predicted molar refractivity (Wildman–Crippen MR) is 100 cm³/mol. The van der Waals surface area contributed by atoms with Gasteiger partial charge in [-0.2, -0.15) is 4.31 Å². The molecule has 9 nitrogen and oxygen atoms in total. The van der Waals surface area contributed by atoms with Gasteiger partial charge in [0.1, 0.15) is 10.6 Å². The van der Waals surface area contributed by atoms with Crippen LogP contribution in [-0.4, -0.2) is 67.3 Å². The van der Waals surface area contributed by atoms with Crippen LogP contribution in [0.5, 0.6) is 0 Å². The molecule has 2 aliphatic rings. The molecule has 10 heteroatoms. The van der Waals surface area contributed by atoms with Crippen LogP contribution in [0.3, 0.4) is 0 Å². The minimum absolute atomic E-state index is 0.186. The fraction of sp³-hybridized carbons (Fsp3) is 0.588. The zero-order valence-electron chi connectivity index (χ0n) is 15.6. The van der Waals surface area contributed by atoms with Gasteiger partial charge in [-0.05, 0) is 38.8 Å². The molecule has 0 aromatic carbocycles. The van der Waals surface area contributed by atoms with Gasteiger partial charge in [-0.3, -0.25) is 0 Å². The lowest BCUT2D eigenvalue weighted by Gasteiger charge is -2.34. The van der Waals surface area contributed by atoms with Crippen molar-refractivity contribution in [3.8, 4) is 0 Å². The van der Waals surface area contributed by atoms with Crippen molar-refractivity contribution in [3.05, 3.63) is 23.6 Å². The van der Waals surface area contributed by atoms with Gasteiger partial charge >= 0.3 is 0 Å². The van der Waals surface area contributed by atoms with Gasteiger partial charge in [0, 0.05) is 39.3 Å². The van der Waals surface area contributed by atoms with Crippen molar-refractivity contribution in [3.63, 3.8) is 0 Å². The molecule has 27 heavy (non-hydrogen) atoms. The van der Waals surface area contributed by atoms with E-state index in [0.717, 1.165) is 24.7 Å². The van der Waals surface area contributed by atoms with E-state index in [1.54, 1.807) is 13.8 Å². The van der Waals surface area contributed by atoms with Crippen LogP contribution in [0.4, 0.5) is 11.6 Å². The number of piperazine rings is 1. The lowest BCUT2D eigenvalue weighted by atomic mass is 10.3.